The van der Waals surface area contributed by atoms with Crippen molar-refractivity contribution in [2.45, 2.75) is 0 Å². The van der Waals surface area contributed by atoms with Gasteiger partial charge < -0.3 is 0 Å². The van der Waals surface area contributed by atoms with Crippen LogP contribution in [0, 0.1) is 0 Å². The van der Waals surface area contributed by atoms with E-state index < -0.39 is 7.14 Å². The molecule has 0 aromatic heterocycles. The second-order valence-corrected chi connectivity index (χ2v) is 9.30. The zero-order chi connectivity index (χ0) is 6.91. The van der Waals surface area contributed by atoms with Crippen LogP contribution in [-0.2, 0) is 0 Å². The van der Waals surface area contributed by atoms with Gasteiger partial charge in [0, 0.05) is 0 Å². The van der Waals surface area contributed by atoms with E-state index >= 15 is 0 Å². The topological polar surface area (TPSA) is 3.24 Å². The number of hydrogen-bond acceptors (Lipinski definition) is 1. The standard InChI is InChI=1S/C6H17BNP/c1-8-3-5-9(2,7)6-4-8/h9H,3-7H2,1-2H3. The van der Waals surface area contributed by atoms with Gasteiger partial charge in [0.25, 0.3) is 0 Å². The van der Waals surface area contributed by atoms with Gasteiger partial charge in [-0.1, -0.05) is 0 Å². The summed E-state index contributed by atoms with van der Waals surface area (Å²) in [6.45, 7) is 5.19. The quantitative estimate of drug-likeness (QED) is 0.338. The molecule has 54 valence electrons. The van der Waals surface area contributed by atoms with Crippen LogP contribution < -0.4 is 0 Å². The van der Waals surface area contributed by atoms with Gasteiger partial charge in [-0.25, -0.2) is 0 Å². The normalized spacial score (nSPS) is 31.8. The van der Waals surface area contributed by atoms with Crippen molar-refractivity contribution in [3.63, 3.8) is 0 Å². The van der Waals surface area contributed by atoms with Gasteiger partial charge in [0.05, 0.1) is 0 Å². The molecule has 0 aliphatic carbocycles. The maximum atomic E-state index is 2.50. The van der Waals surface area contributed by atoms with Crippen LogP contribution in [-0.4, -0.2) is 51.6 Å². The number of nitrogens with zero attached hydrogens (tertiary/aromatic N) is 1. The Bertz CT molecular complexity index is 95.2. The predicted octanol–water partition coefficient (Wildman–Crippen LogP) is -0.140. The summed E-state index contributed by atoms with van der Waals surface area (Å²) in [6.07, 6.45) is 3.01. The third-order valence-electron chi connectivity index (χ3n) is 2.34. The zero-order valence-corrected chi connectivity index (χ0v) is 7.78. The summed E-state index contributed by atoms with van der Waals surface area (Å²) >= 11 is 0. The molecule has 0 N–H and O–H groups in total. The molecule has 0 radical (unpaired) electrons. The Morgan fingerprint density at radius 2 is 1.78 bits per heavy atom. The molecule has 0 bridgehead atoms. The zero-order valence-electron chi connectivity index (χ0n) is 6.78. The van der Waals surface area contributed by atoms with Gasteiger partial charge in [-0.2, -0.15) is 0 Å². The van der Waals surface area contributed by atoms with Gasteiger partial charge in [-0.3, -0.25) is 0 Å². The van der Waals surface area contributed by atoms with E-state index in [1.165, 1.54) is 25.4 Å². The molecule has 1 rings (SSSR count). The predicted molar refractivity (Wildman–Crippen MR) is 50.0 cm³/mol. The second-order valence-electron chi connectivity index (χ2n) is 3.97. The third kappa shape index (κ3) is 2.27. The van der Waals surface area contributed by atoms with Crippen LogP contribution in [0.1, 0.15) is 0 Å². The molecule has 0 amide bonds. The fourth-order valence-electron chi connectivity index (χ4n) is 1.22. The van der Waals surface area contributed by atoms with Crippen LogP contribution in [0.4, 0.5) is 0 Å². The number of hydrogen-bond donors (Lipinski definition) is 0. The van der Waals surface area contributed by atoms with Gasteiger partial charge in [-0.15, -0.1) is 0 Å². The van der Waals surface area contributed by atoms with Crippen LogP contribution in [0.25, 0.3) is 0 Å². The Morgan fingerprint density at radius 1 is 1.33 bits per heavy atom. The average Bonchev–Trinajstić information content (AvgIpc) is 1.78. The first-order chi connectivity index (χ1) is 4.10. The Morgan fingerprint density at radius 3 is 2.11 bits per heavy atom. The minimum atomic E-state index is -0.674. The van der Waals surface area contributed by atoms with E-state index in [0.29, 0.717) is 0 Å². The molecule has 1 nitrogen and oxygen atoms in total. The van der Waals surface area contributed by atoms with E-state index in [4.69, 9.17) is 0 Å². The van der Waals surface area contributed by atoms with Crippen LogP contribution >= 0.6 is 7.14 Å². The summed E-state index contributed by atoms with van der Waals surface area (Å²) in [7, 11) is 4.05. The van der Waals surface area contributed by atoms with Gasteiger partial charge >= 0.3 is 58.7 Å². The van der Waals surface area contributed by atoms with Crippen molar-refractivity contribution >= 4 is 14.7 Å². The fourth-order valence-corrected chi connectivity index (χ4v) is 3.45. The molecule has 0 atom stereocenters. The minimum absolute atomic E-state index is 0.674. The van der Waals surface area contributed by atoms with E-state index in [1.54, 1.807) is 0 Å². The molecule has 3 heteroatoms. The van der Waals surface area contributed by atoms with E-state index in [1.807, 2.05) is 0 Å². The molecule has 1 heterocycles. The number of rotatable bonds is 0. The molecule has 9 heavy (non-hydrogen) atoms. The summed E-state index contributed by atoms with van der Waals surface area (Å²) in [6, 6.07) is 0. The van der Waals surface area contributed by atoms with Crippen LogP contribution in [0.3, 0.4) is 0 Å². The summed E-state index contributed by atoms with van der Waals surface area (Å²) in [5.41, 5.74) is 0. The SMILES string of the molecule is B[PH]1(C)CCN(C)CC1. The first kappa shape index (κ1) is 7.56. The molecular weight excluding hydrogens is 128 g/mol. The summed E-state index contributed by atoms with van der Waals surface area (Å²) < 4.78 is 0. The van der Waals surface area contributed by atoms with Crippen molar-refractivity contribution in [2.75, 3.05) is 39.1 Å². The first-order valence-corrected chi connectivity index (χ1v) is 7.20. The van der Waals surface area contributed by atoms with Crippen LogP contribution in [0.2, 0.25) is 0 Å². The molecule has 1 saturated heterocycles. The molecule has 1 aliphatic heterocycles. The molecule has 0 saturated carbocycles. The monoisotopic (exact) mass is 145 g/mol. The van der Waals surface area contributed by atoms with E-state index in [0.717, 1.165) is 0 Å². The van der Waals surface area contributed by atoms with Gasteiger partial charge in [-0.05, 0) is 0 Å². The first-order valence-electron chi connectivity index (χ1n) is 3.79. The Labute approximate surface area is 59.5 Å². The van der Waals surface area contributed by atoms with Crippen molar-refractivity contribution in [2.24, 2.45) is 0 Å². The van der Waals surface area contributed by atoms with E-state index in [9.17, 15) is 0 Å². The van der Waals surface area contributed by atoms with Crippen molar-refractivity contribution in [1.29, 1.82) is 0 Å². The summed E-state index contributed by atoms with van der Waals surface area (Å²) in [5, 5.41) is 0. The maximum absolute atomic E-state index is 2.50. The molecular formula is C6H17BNP. The Kier molecular flexibility index (Phi) is 2.18. The third-order valence-corrected chi connectivity index (χ3v) is 5.49. The average molecular weight is 145 g/mol. The molecule has 0 aromatic rings. The van der Waals surface area contributed by atoms with Crippen molar-refractivity contribution < 1.29 is 0 Å². The van der Waals surface area contributed by atoms with Crippen molar-refractivity contribution in [1.82, 2.24) is 4.90 Å². The van der Waals surface area contributed by atoms with Crippen LogP contribution in [0.15, 0.2) is 0 Å². The van der Waals surface area contributed by atoms with Crippen molar-refractivity contribution in [3.05, 3.63) is 0 Å². The molecule has 1 fully saturated rings. The van der Waals surface area contributed by atoms with E-state index in [-0.39, 0.29) is 0 Å². The Hall–Kier alpha value is 0.455. The molecule has 0 spiro atoms. The molecule has 0 unspecified atom stereocenters. The van der Waals surface area contributed by atoms with Gasteiger partial charge in [0.15, 0.2) is 0 Å². The summed E-state index contributed by atoms with van der Waals surface area (Å²) in [4.78, 5) is 2.44. The fraction of sp³-hybridized carbons (Fsp3) is 1.00. The molecule has 1 aliphatic rings. The second kappa shape index (κ2) is 2.60. The Balaban J connectivity index is 2.35. The summed E-state index contributed by atoms with van der Waals surface area (Å²) in [5.74, 6) is 0. The van der Waals surface area contributed by atoms with Crippen LogP contribution in [0.5, 0.6) is 0 Å². The van der Waals surface area contributed by atoms with Gasteiger partial charge in [0.2, 0.25) is 0 Å². The van der Waals surface area contributed by atoms with E-state index in [2.05, 4.69) is 26.2 Å². The molecule has 0 aromatic carbocycles. The van der Waals surface area contributed by atoms with Crippen molar-refractivity contribution in [3.8, 4) is 0 Å². The van der Waals surface area contributed by atoms with Gasteiger partial charge in [0.1, 0.15) is 0 Å².